The van der Waals surface area contributed by atoms with Gasteiger partial charge < -0.3 is 5.32 Å². The normalized spacial score (nSPS) is 15.3. The smallest absolute Gasteiger partial charge is 0.267 e. The first kappa shape index (κ1) is 43.1. The molecule has 2 fully saturated rings. The van der Waals surface area contributed by atoms with Gasteiger partial charge in [-0.25, -0.2) is 40.3 Å². The van der Waals surface area contributed by atoms with Crippen LogP contribution in [0.1, 0.15) is 74.6 Å². The van der Waals surface area contributed by atoms with Gasteiger partial charge in [0.05, 0.1) is 49.7 Å². The Bertz CT molecular complexity index is 3130. The Morgan fingerprint density at radius 2 is 1.66 bits per heavy atom. The summed E-state index contributed by atoms with van der Waals surface area (Å²) in [6, 6.07) is 13.4. The van der Waals surface area contributed by atoms with Gasteiger partial charge in [0.15, 0.2) is 11.5 Å². The predicted octanol–water partition coefficient (Wildman–Crippen LogP) is 8.41. The van der Waals surface area contributed by atoms with Crippen molar-refractivity contribution in [1.82, 2.24) is 39.4 Å². The fraction of sp³-hybridized carbons (Fsp3) is 0.318. The fourth-order valence-corrected chi connectivity index (χ4v) is 9.58. The number of anilines is 1. The number of pyridine rings is 1. The second-order valence-corrected chi connectivity index (χ2v) is 18.8. The number of carbonyl (C=O) groups excluding carboxylic acids is 1. The summed E-state index contributed by atoms with van der Waals surface area (Å²) >= 11 is 6.72. The molecule has 9 rings (SSSR count). The lowest BCUT2D eigenvalue weighted by Gasteiger charge is -2.27. The third-order valence-corrected chi connectivity index (χ3v) is 13.4. The molecule has 2 saturated carbocycles. The molecule has 3 aromatic carbocycles. The minimum Gasteiger partial charge on any atom is -0.344 e. The Hall–Kier alpha value is -6.21. The van der Waals surface area contributed by atoms with Crippen molar-refractivity contribution in [1.29, 1.82) is 0 Å². The molecule has 0 bridgehead atoms. The van der Waals surface area contributed by atoms with Crippen LogP contribution < -0.4 is 15.6 Å². The summed E-state index contributed by atoms with van der Waals surface area (Å²) in [5.41, 5.74) is -0.406. The van der Waals surface area contributed by atoms with E-state index in [1.165, 1.54) is 47.1 Å². The van der Waals surface area contributed by atoms with E-state index in [0.29, 0.717) is 18.9 Å². The Kier molecular flexibility index (Phi) is 11.3. The molecule has 0 unspecified atom stereocenters. The van der Waals surface area contributed by atoms with Crippen LogP contribution in [0.2, 0.25) is 5.02 Å². The van der Waals surface area contributed by atoms with Crippen LogP contribution in [0.25, 0.3) is 38.9 Å². The number of nitrogens with zero attached hydrogens (tertiary/aromatic N) is 7. The van der Waals surface area contributed by atoms with Gasteiger partial charge in [0.2, 0.25) is 15.9 Å². The van der Waals surface area contributed by atoms with E-state index < -0.39 is 69.2 Å². The second kappa shape index (κ2) is 16.7. The number of hydrogen-bond acceptors (Lipinski definition) is 8. The maximum atomic E-state index is 15.2. The lowest BCUT2D eigenvalue weighted by Crippen LogP contribution is -2.41. The summed E-state index contributed by atoms with van der Waals surface area (Å²) in [4.78, 5) is 39.3. The van der Waals surface area contributed by atoms with E-state index >= 15 is 9.18 Å². The third kappa shape index (κ3) is 8.45. The van der Waals surface area contributed by atoms with Gasteiger partial charge in [-0.1, -0.05) is 37.6 Å². The first-order chi connectivity index (χ1) is 30.6. The van der Waals surface area contributed by atoms with Gasteiger partial charge in [-0.3, -0.25) is 28.2 Å². The maximum absolute atomic E-state index is 15.2. The lowest BCUT2D eigenvalue weighted by molar-refractivity contribution is -0.126. The van der Waals surface area contributed by atoms with Gasteiger partial charge in [-0.05, 0) is 91.8 Å². The monoisotopic (exact) mass is 919 g/mol. The zero-order chi connectivity index (χ0) is 45.2. The minimum atomic E-state index is -4.03. The number of halogens is 6. The molecule has 332 valence electrons. The van der Waals surface area contributed by atoms with Crippen molar-refractivity contribution in [3.63, 3.8) is 0 Å². The number of hydrogen-bond donors (Lipinski definition) is 2. The highest BCUT2D eigenvalue weighted by Gasteiger charge is 2.38. The highest BCUT2D eigenvalue weighted by atomic mass is 35.5. The largest absolute Gasteiger partial charge is 0.344 e. The molecule has 2 N–H and O–H groups in total. The average Bonchev–Trinajstić information content (AvgIpc) is 4.17. The van der Waals surface area contributed by atoms with E-state index in [4.69, 9.17) is 21.7 Å². The molecule has 2 aliphatic rings. The first-order valence-electron chi connectivity index (χ1n) is 20.5. The van der Waals surface area contributed by atoms with Crippen molar-refractivity contribution in [2.45, 2.75) is 82.2 Å². The summed E-state index contributed by atoms with van der Waals surface area (Å²) in [7, 11) is -4.03. The molecule has 7 aromatic rings. The number of alkyl halides is 2. The van der Waals surface area contributed by atoms with Gasteiger partial charge >= 0.3 is 0 Å². The molecule has 0 spiro atoms. The number of fused-ring (bicyclic) bond motifs is 2. The SMILES string of the molecule is CC(C)[C@@H](C(=O)N[C@@H](Cc1cc(F)cc(F)c1)c1nc2nc(-c3ccccc3F)ccc2c(=O)n1-c1ccc(Cl)c2c(NS(=O)(=O)C3CC3)nn(CC(F)F)c12)n1ccc(C2CC2)n1. The van der Waals surface area contributed by atoms with Crippen molar-refractivity contribution in [3.8, 4) is 16.9 Å². The van der Waals surface area contributed by atoms with Gasteiger partial charge in [0, 0.05) is 30.2 Å². The fourth-order valence-electron chi connectivity index (χ4n) is 8.00. The number of sulfonamides is 1. The van der Waals surface area contributed by atoms with Gasteiger partial charge in [-0.2, -0.15) is 10.2 Å². The van der Waals surface area contributed by atoms with Crippen LogP contribution in [0.3, 0.4) is 0 Å². The Morgan fingerprint density at radius 1 is 0.922 bits per heavy atom. The van der Waals surface area contributed by atoms with Crippen LogP contribution in [0.4, 0.5) is 27.8 Å². The molecule has 4 heterocycles. The van der Waals surface area contributed by atoms with Crippen LogP contribution in [0.15, 0.2) is 83.8 Å². The molecule has 64 heavy (non-hydrogen) atoms. The van der Waals surface area contributed by atoms with E-state index in [2.05, 4.69) is 20.1 Å². The Labute approximate surface area is 367 Å². The molecule has 0 radical (unpaired) electrons. The molecular formula is C44H39ClF5N9O4S. The Morgan fingerprint density at radius 3 is 2.33 bits per heavy atom. The van der Waals surface area contributed by atoms with E-state index in [-0.39, 0.29) is 79.4 Å². The number of amides is 1. The third-order valence-electron chi connectivity index (χ3n) is 11.3. The molecule has 20 heteroatoms. The summed E-state index contributed by atoms with van der Waals surface area (Å²) < 4.78 is 106. The second-order valence-electron chi connectivity index (χ2n) is 16.4. The summed E-state index contributed by atoms with van der Waals surface area (Å²) in [6.07, 6.45) is 0.948. The van der Waals surface area contributed by atoms with E-state index in [0.717, 1.165) is 39.9 Å². The number of carbonyl (C=O) groups is 1. The standard InChI is InChI=1S/C44H39ClF5N9O4S/c1-22(2)38(57-16-15-32(54-57)24-7-8-24)43(60)52-34(19-23-17-25(46)20-26(47)18-23)42-53-40-29(11-13-33(51-40)28-5-3-4-6-31(28)48)44(61)59(42)35-14-12-30(45)37-39(35)58(21-36(49)50)55-41(37)56-64(62,63)27-9-10-27/h3-6,11-18,20,22,24,27,34,36,38H,7-10,19,21H2,1-2H3,(H,52,60)(H,55,56)/t34-,38-/m0/s1. The number of nitrogens with one attached hydrogen (secondary N) is 2. The summed E-state index contributed by atoms with van der Waals surface area (Å²) in [5.74, 6) is -3.84. The molecule has 2 atom stereocenters. The number of rotatable bonds is 15. The summed E-state index contributed by atoms with van der Waals surface area (Å²) in [6.45, 7) is 2.54. The van der Waals surface area contributed by atoms with E-state index in [1.54, 1.807) is 12.3 Å². The highest BCUT2D eigenvalue weighted by Crippen LogP contribution is 2.40. The van der Waals surface area contributed by atoms with Gasteiger partial charge in [0.1, 0.15) is 35.9 Å². The van der Waals surface area contributed by atoms with E-state index in [1.807, 2.05) is 19.9 Å². The van der Waals surface area contributed by atoms with Crippen molar-refractivity contribution in [2.75, 3.05) is 4.72 Å². The molecule has 13 nitrogen and oxygen atoms in total. The predicted molar refractivity (Wildman–Crippen MR) is 229 cm³/mol. The van der Waals surface area contributed by atoms with Crippen molar-refractivity contribution in [3.05, 3.63) is 129 Å². The van der Waals surface area contributed by atoms with Crippen molar-refractivity contribution in [2.24, 2.45) is 5.92 Å². The molecule has 2 aliphatic carbocycles. The van der Waals surface area contributed by atoms with E-state index in [9.17, 15) is 30.8 Å². The number of benzene rings is 3. The van der Waals surface area contributed by atoms with Crippen LogP contribution >= 0.6 is 11.6 Å². The molecule has 1 amide bonds. The molecule has 0 saturated heterocycles. The quantitative estimate of drug-likeness (QED) is 0.0971. The van der Waals surface area contributed by atoms with Crippen LogP contribution in [0.5, 0.6) is 0 Å². The zero-order valence-corrected chi connectivity index (χ0v) is 35.7. The van der Waals surface area contributed by atoms with Crippen molar-refractivity contribution < 1.29 is 35.2 Å². The molecular weight excluding hydrogens is 881 g/mol. The van der Waals surface area contributed by atoms with Gasteiger partial charge in [-0.15, -0.1) is 0 Å². The van der Waals surface area contributed by atoms with Gasteiger partial charge in [0.25, 0.3) is 12.0 Å². The van der Waals surface area contributed by atoms with Crippen molar-refractivity contribution >= 4 is 55.3 Å². The highest BCUT2D eigenvalue weighted by molar-refractivity contribution is 7.93. The summed E-state index contributed by atoms with van der Waals surface area (Å²) in [5, 5.41) is 10.8. The first-order valence-corrected chi connectivity index (χ1v) is 22.5. The van der Waals surface area contributed by atoms with Crippen LogP contribution in [0, 0.1) is 23.4 Å². The Balaban J connectivity index is 1.30. The number of aromatic nitrogens is 7. The minimum absolute atomic E-state index is 0.0359. The maximum Gasteiger partial charge on any atom is 0.267 e. The average molecular weight is 920 g/mol. The van der Waals surface area contributed by atoms with Crippen LogP contribution in [-0.4, -0.2) is 60.1 Å². The topological polar surface area (TPSA) is 159 Å². The molecule has 0 aliphatic heterocycles. The lowest BCUT2D eigenvalue weighted by atomic mass is 10.0. The molecule has 4 aromatic heterocycles. The van der Waals surface area contributed by atoms with Crippen LogP contribution in [-0.2, 0) is 27.8 Å². The zero-order valence-electron chi connectivity index (χ0n) is 34.2.